The third-order valence-corrected chi connectivity index (χ3v) is 6.90. The van der Waals surface area contributed by atoms with E-state index in [1.165, 1.54) is 5.56 Å². The topological polar surface area (TPSA) is 88.8 Å². The molecule has 1 atom stereocenters. The number of nitrogens with zero attached hydrogens (tertiary/aromatic N) is 1. The van der Waals surface area contributed by atoms with E-state index in [4.69, 9.17) is 9.84 Å². The van der Waals surface area contributed by atoms with E-state index in [0.717, 1.165) is 52.6 Å². The minimum atomic E-state index is -0.894. The van der Waals surface area contributed by atoms with Gasteiger partial charge in [-0.15, -0.1) is 0 Å². The van der Waals surface area contributed by atoms with Crippen LogP contribution in [0.2, 0.25) is 0 Å². The summed E-state index contributed by atoms with van der Waals surface area (Å²) in [6.07, 6.45) is 9.54. The lowest BCUT2D eigenvalue weighted by Crippen LogP contribution is -2.07. The molecule has 39 heavy (non-hydrogen) atoms. The molecule has 3 aromatic carbocycles. The third kappa shape index (κ3) is 7.60. The summed E-state index contributed by atoms with van der Waals surface area (Å²) in [5.41, 5.74) is 4.91. The van der Waals surface area contributed by atoms with E-state index < -0.39 is 17.9 Å². The number of carboxylic acids is 2. The molecule has 202 valence electrons. The van der Waals surface area contributed by atoms with Crippen LogP contribution in [0.5, 0.6) is 5.75 Å². The van der Waals surface area contributed by atoms with Gasteiger partial charge in [-0.3, -0.25) is 9.59 Å². The first-order valence-corrected chi connectivity index (χ1v) is 13.4. The molecule has 0 saturated carbocycles. The van der Waals surface area contributed by atoms with E-state index in [1.807, 2.05) is 71.4 Å². The van der Waals surface area contributed by atoms with Crippen LogP contribution < -0.4 is 4.74 Å². The molecule has 0 spiro atoms. The summed E-state index contributed by atoms with van der Waals surface area (Å²) in [6.45, 7) is 2.87. The fraction of sp³-hybridized carbons (Fsp3) is 0.273. The van der Waals surface area contributed by atoms with Crippen molar-refractivity contribution in [1.82, 2.24) is 4.57 Å². The molecule has 0 aliphatic heterocycles. The number of aromatic nitrogens is 1. The Morgan fingerprint density at radius 3 is 2.38 bits per heavy atom. The molecule has 0 aliphatic carbocycles. The smallest absolute Gasteiger partial charge is 0.310 e. The van der Waals surface area contributed by atoms with Gasteiger partial charge in [0, 0.05) is 30.1 Å². The number of aryl methyl sites for hydroxylation is 2. The lowest BCUT2D eigenvalue weighted by Gasteiger charge is -2.08. The number of hydrogen-bond acceptors (Lipinski definition) is 3. The first-order valence-electron chi connectivity index (χ1n) is 13.4. The lowest BCUT2D eigenvalue weighted by molar-refractivity contribution is -0.138. The maximum Gasteiger partial charge on any atom is 0.310 e. The molecule has 0 amide bonds. The van der Waals surface area contributed by atoms with Crippen LogP contribution in [0.15, 0.2) is 79.0 Å². The second-order valence-corrected chi connectivity index (χ2v) is 9.77. The van der Waals surface area contributed by atoms with Gasteiger partial charge in [0.15, 0.2) is 0 Å². The van der Waals surface area contributed by atoms with Gasteiger partial charge >= 0.3 is 11.9 Å². The largest absolute Gasteiger partial charge is 0.494 e. The van der Waals surface area contributed by atoms with Gasteiger partial charge in [-0.25, -0.2) is 0 Å². The molecule has 6 heteroatoms. The lowest BCUT2D eigenvalue weighted by atomic mass is 9.97. The van der Waals surface area contributed by atoms with E-state index in [1.54, 1.807) is 6.92 Å². The van der Waals surface area contributed by atoms with Gasteiger partial charge in [-0.2, -0.15) is 0 Å². The average Bonchev–Trinajstić information content (AvgIpc) is 3.31. The van der Waals surface area contributed by atoms with Crippen molar-refractivity contribution in [2.75, 3.05) is 6.61 Å². The molecule has 4 aromatic rings. The van der Waals surface area contributed by atoms with E-state index in [9.17, 15) is 14.7 Å². The van der Waals surface area contributed by atoms with E-state index in [-0.39, 0.29) is 6.42 Å². The first-order chi connectivity index (χ1) is 18.9. The van der Waals surface area contributed by atoms with Crippen molar-refractivity contribution < 1.29 is 24.5 Å². The molecule has 0 saturated heterocycles. The summed E-state index contributed by atoms with van der Waals surface area (Å²) in [6, 6.07) is 24.3. The minimum Gasteiger partial charge on any atom is -0.494 e. The SMILES string of the molecule is CC(C(=O)O)c1cn(CCCC(=O)O)c2cccc(C=Cc3ccc(OCCCCc4ccccc4)cc3)c12. The van der Waals surface area contributed by atoms with Crippen molar-refractivity contribution in [3.8, 4) is 5.75 Å². The van der Waals surface area contributed by atoms with Crippen LogP contribution in [0.1, 0.15) is 60.8 Å². The number of aliphatic carboxylic acids is 2. The molecule has 1 aromatic heterocycles. The highest BCUT2D eigenvalue weighted by Crippen LogP contribution is 2.32. The Labute approximate surface area is 229 Å². The van der Waals surface area contributed by atoms with Crippen molar-refractivity contribution in [2.45, 2.75) is 51.5 Å². The Morgan fingerprint density at radius 1 is 0.897 bits per heavy atom. The van der Waals surface area contributed by atoms with Crippen molar-refractivity contribution >= 4 is 35.0 Å². The second-order valence-electron chi connectivity index (χ2n) is 9.77. The molecule has 1 unspecified atom stereocenters. The summed E-state index contributed by atoms with van der Waals surface area (Å²) in [5.74, 6) is -1.58. The molecule has 1 heterocycles. The normalized spacial score (nSPS) is 12.1. The molecule has 0 radical (unpaired) electrons. The Morgan fingerprint density at radius 2 is 1.67 bits per heavy atom. The molecule has 0 fully saturated rings. The van der Waals surface area contributed by atoms with Crippen molar-refractivity contribution in [3.05, 3.63) is 101 Å². The number of rotatable bonds is 14. The Hall–Kier alpha value is -4.32. The van der Waals surface area contributed by atoms with Gasteiger partial charge in [0.25, 0.3) is 0 Å². The van der Waals surface area contributed by atoms with Gasteiger partial charge in [-0.05, 0) is 73.1 Å². The van der Waals surface area contributed by atoms with Gasteiger partial charge in [0.1, 0.15) is 5.75 Å². The van der Waals surface area contributed by atoms with E-state index in [0.29, 0.717) is 19.6 Å². The quantitative estimate of drug-likeness (QED) is 0.134. The van der Waals surface area contributed by atoms with Crippen LogP contribution in [0.25, 0.3) is 23.1 Å². The van der Waals surface area contributed by atoms with Crippen molar-refractivity contribution in [2.24, 2.45) is 0 Å². The standard InChI is InChI=1S/C33H35NO5/c1-24(33(37)38)29-23-34(21-8-14-31(35)36)30-13-7-12-27(32(29)30)18-15-26-16-19-28(20-17-26)39-22-6-5-11-25-9-3-2-4-10-25/h2-4,7,9-10,12-13,15-20,23-24H,5-6,8,11,14,21-22H2,1H3,(H,35,36)(H,37,38). The minimum absolute atomic E-state index is 0.0660. The highest BCUT2D eigenvalue weighted by atomic mass is 16.5. The summed E-state index contributed by atoms with van der Waals surface area (Å²) >= 11 is 0. The Bertz CT molecular complexity index is 1420. The maximum atomic E-state index is 11.8. The predicted molar refractivity (Wildman–Crippen MR) is 155 cm³/mol. The van der Waals surface area contributed by atoms with Gasteiger partial charge < -0.3 is 19.5 Å². The fourth-order valence-electron chi connectivity index (χ4n) is 4.73. The molecular weight excluding hydrogens is 490 g/mol. The summed E-state index contributed by atoms with van der Waals surface area (Å²) in [4.78, 5) is 22.8. The van der Waals surface area contributed by atoms with Gasteiger partial charge in [0.05, 0.1) is 12.5 Å². The number of hydrogen-bond donors (Lipinski definition) is 2. The van der Waals surface area contributed by atoms with Crippen molar-refractivity contribution in [1.29, 1.82) is 0 Å². The monoisotopic (exact) mass is 525 g/mol. The number of carbonyl (C=O) groups is 2. The number of fused-ring (bicyclic) bond motifs is 1. The fourth-order valence-corrected chi connectivity index (χ4v) is 4.73. The zero-order valence-electron chi connectivity index (χ0n) is 22.3. The first kappa shape index (κ1) is 27.7. The highest BCUT2D eigenvalue weighted by Gasteiger charge is 2.21. The van der Waals surface area contributed by atoms with Crippen LogP contribution in [-0.2, 0) is 22.6 Å². The molecule has 0 aliphatic rings. The van der Waals surface area contributed by atoms with E-state index >= 15 is 0 Å². The second kappa shape index (κ2) is 13.5. The molecule has 6 nitrogen and oxygen atoms in total. The zero-order chi connectivity index (χ0) is 27.6. The van der Waals surface area contributed by atoms with E-state index in [2.05, 4.69) is 24.3 Å². The zero-order valence-corrected chi connectivity index (χ0v) is 22.3. The van der Waals surface area contributed by atoms with Gasteiger partial charge in [0.2, 0.25) is 0 Å². The number of carboxylic acid groups (broad SMARTS) is 2. The molecular formula is C33H35NO5. The molecule has 4 rings (SSSR count). The number of ether oxygens (including phenoxy) is 1. The number of benzene rings is 3. The predicted octanol–water partition coefficient (Wildman–Crippen LogP) is 7.27. The molecule has 0 bridgehead atoms. The Balaban J connectivity index is 1.43. The van der Waals surface area contributed by atoms with Crippen molar-refractivity contribution in [3.63, 3.8) is 0 Å². The highest BCUT2D eigenvalue weighted by molar-refractivity contribution is 5.97. The maximum absolute atomic E-state index is 11.8. The van der Waals surface area contributed by atoms with Crippen LogP contribution in [-0.4, -0.2) is 33.3 Å². The Kier molecular flexibility index (Phi) is 9.57. The number of unbranched alkanes of at least 4 members (excludes halogenated alkanes) is 1. The van der Waals surface area contributed by atoms with Gasteiger partial charge in [-0.1, -0.05) is 66.7 Å². The summed E-state index contributed by atoms with van der Waals surface area (Å²) in [7, 11) is 0. The molecule has 2 N–H and O–H groups in total. The third-order valence-electron chi connectivity index (χ3n) is 6.90. The summed E-state index contributed by atoms with van der Waals surface area (Å²) in [5, 5.41) is 19.6. The average molecular weight is 526 g/mol. The summed E-state index contributed by atoms with van der Waals surface area (Å²) < 4.78 is 7.88. The van der Waals surface area contributed by atoms with Crippen LogP contribution in [0.3, 0.4) is 0 Å². The van der Waals surface area contributed by atoms with Crippen LogP contribution in [0.4, 0.5) is 0 Å². The van der Waals surface area contributed by atoms with Crippen LogP contribution >= 0.6 is 0 Å². The van der Waals surface area contributed by atoms with Crippen LogP contribution in [0, 0.1) is 0 Å².